The molecule has 4 heteroatoms. The molecule has 3 N–H and O–H groups in total. The Balaban J connectivity index is 1.78. The fraction of sp³-hybridized carbons (Fsp3) is 0.500. The van der Waals surface area contributed by atoms with Crippen LogP contribution >= 0.6 is 12.2 Å². The molecule has 1 aliphatic rings. The van der Waals surface area contributed by atoms with Gasteiger partial charge >= 0.3 is 0 Å². The van der Waals surface area contributed by atoms with Gasteiger partial charge in [-0.05, 0) is 30.9 Å². The molecule has 1 fully saturated rings. The molecule has 0 saturated heterocycles. The van der Waals surface area contributed by atoms with Gasteiger partial charge in [0.05, 0.1) is 5.69 Å². The summed E-state index contributed by atoms with van der Waals surface area (Å²) in [6, 6.07) is 5.70. The fourth-order valence-electron chi connectivity index (χ4n) is 1.68. The third kappa shape index (κ3) is 3.45. The van der Waals surface area contributed by atoms with Gasteiger partial charge in [0.15, 0.2) is 0 Å². The minimum Gasteiger partial charge on any atom is -0.388 e. The van der Waals surface area contributed by atoms with Crippen molar-refractivity contribution in [1.82, 2.24) is 4.98 Å². The molecular weight excluding hydrogens is 218 g/mol. The van der Waals surface area contributed by atoms with Crippen molar-refractivity contribution >= 4 is 23.0 Å². The van der Waals surface area contributed by atoms with Crippen molar-refractivity contribution < 1.29 is 0 Å². The van der Waals surface area contributed by atoms with Gasteiger partial charge in [-0.3, -0.25) is 0 Å². The van der Waals surface area contributed by atoms with Gasteiger partial charge in [0, 0.05) is 6.54 Å². The van der Waals surface area contributed by atoms with E-state index < -0.39 is 0 Å². The molecule has 0 bridgehead atoms. The van der Waals surface area contributed by atoms with Crippen LogP contribution in [0.1, 0.15) is 31.4 Å². The van der Waals surface area contributed by atoms with E-state index in [1.807, 2.05) is 18.2 Å². The molecule has 1 aromatic heterocycles. The van der Waals surface area contributed by atoms with Crippen LogP contribution in [0.4, 0.5) is 5.82 Å². The maximum Gasteiger partial charge on any atom is 0.126 e. The molecule has 0 radical (unpaired) electrons. The Hall–Kier alpha value is -1.16. The Morgan fingerprint density at radius 2 is 2.31 bits per heavy atom. The lowest BCUT2D eigenvalue weighted by molar-refractivity contribution is 0.686. The van der Waals surface area contributed by atoms with E-state index in [1.54, 1.807) is 0 Å². The summed E-state index contributed by atoms with van der Waals surface area (Å²) in [6.45, 7) is 0.976. The van der Waals surface area contributed by atoms with Crippen molar-refractivity contribution in [3.8, 4) is 0 Å². The quantitative estimate of drug-likeness (QED) is 0.587. The first-order valence-electron chi connectivity index (χ1n) is 5.76. The van der Waals surface area contributed by atoms with Gasteiger partial charge in [-0.25, -0.2) is 4.98 Å². The molecule has 0 spiro atoms. The molecule has 86 valence electrons. The molecule has 3 nitrogen and oxygen atoms in total. The lowest BCUT2D eigenvalue weighted by Gasteiger charge is -2.06. The van der Waals surface area contributed by atoms with Crippen molar-refractivity contribution in [2.24, 2.45) is 11.7 Å². The molecule has 1 heterocycles. The molecule has 0 unspecified atom stereocenters. The van der Waals surface area contributed by atoms with E-state index in [4.69, 9.17) is 18.0 Å². The Morgan fingerprint density at radius 3 is 3.00 bits per heavy atom. The average molecular weight is 235 g/mol. The SMILES string of the molecule is NC(=S)c1cccc(NCCCC2CC2)n1. The Bertz CT molecular complexity index is 374. The van der Waals surface area contributed by atoms with Crippen LogP contribution in [0.3, 0.4) is 0 Å². The Kier molecular flexibility index (Phi) is 3.72. The van der Waals surface area contributed by atoms with Gasteiger partial charge < -0.3 is 11.1 Å². The highest BCUT2D eigenvalue weighted by Crippen LogP contribution is 2.33. The van der Waals surface area contributed by atoms with Crippen LogP contribution < -0.4 is 11.1 Å². The second kappa shape index (κ2) is 5.25. The van der Waals surface area contributed by atoms with Crippen molar-refractivity contribution in [1.29, 1.82) is 0 Å². The van der Waals surface area contributed by atoms with E-state index in [-0.39, 0.29) is 0 Å². The summed E-state index contributed by atoms with van der Waals surface area (Å²) in [5.41, 5.74) is 6.21. The van der Waals surface area contributed by atoms with Gasteiger partial charge in [0.2, 0.25) is 0 Å². The number of hydrogen-bond acceptors (Lipinski definition) is 3. The van der Waals surface area contributed by atoms with Crippen LogP contribution in [0.25, 0.3) is 0 Å². The number of thiocarbonyl (C=S) groups is 1. The van der Waals surface area contributed by atoms with E-state index in [9.17, 15) is 0 Å². The molecule has 0 amide bonds. The van der Waals surface area contributed by atoms with Gasteiger partial charge in [0.25, 0.3) is 0 Å². The van der Waals surface area contributed by atoms with Crippen molar-refractivity contribution in [2.45, 2.75) is 25.7 Å². The fourth-order valence-corrected chi connectivity index (χ4v) is 1.80. The van der Waals surface area contributed by atoms with E-state index >= 15 is 0 Å². The van der Waals surface area contributed by atoms with Crippen LogP contribution in [-0.4, -0.2) is 16.5 Å². The largest absolute Gasteiger partial charge is 0.388 e. The molecule has 0 aromatic carbocycles. The van der Waals surface area contributed by atoms with Gasteiger partial charge in [0.1, 0.15) is 10.8 Å². The number of nitrogens with one attached hydrogen (secondary N) is 1. The third-order valence-electron chi connectivity index (χ3n) is 2.79. The lowest BCUT2D eigenvalue weighted by Crippen LogP contribution is -2.13. The second-order valence-corrected chi connectivity index (χ2v) is 4.72. The van der Waals surface area contributed by atoms with Crippen molar-refractivity contribution in [3.63, 3.8) is 0 Å². The maximum absolute atomic E-state index is 5.53. The van der Waals surface area contributed by atoms with Crippen LogP contribution in [0, 0.1) is 5.92 Å². The van der Waals surface area contributed by atoms with Crippen LogP contribution in [0.15, 0.2) is 18.2 Å². The smallest absolute Gasteiger partial charge is 0.126 e. The molecule has 0 aliphatic heterocycles. The predicted octanol–water partition coefficient (Wildman–Crippen LogP) is 2.32. The predicted molar refractivity (Wildman–Crippen MR) is 70.6 cm³/mol. The number of nitrogens with two attached hydrogens (primary N) is 1. The zero-order chi connectivity index (χ0) is 11.4. The first kappa shape index (κ1) is 11.3. The molecular formula is C12H17N3S. The molecule has 0 atom stereocenters. The summed E-state index contributed by atoms with van der Waals surface area (Å²) in [7, 11) is 0. The molecule has 2 rings (SSSR count). The minimum absolute atomic E-state index is 0.349. The van der Waals surface area contributed by atoms with E-state index in [0.29, 0.717) is 10.7 Å². The molecule has 1 aromatic rings. The monoisotopic (exact) mass is 235 g/mol. The van der Waals surface area contributed by atoms with E-state index in [0.717, 1.165) is 18.3 Å². The topological polar surface area (TPSA) is 50.9 Å². The van der Waals surface area contributed by atoms with Gasteiger partial charge in [-0.2, -0.15) is 0 Å². The van der Waals surface area contributed by atoms with E-state index in [2.05, 4.69) is 10.3 Å². The van der Waals surface area contributed by atoms with Crippen molar-refractivity contribution in [3.05, 3.63) is 23.9 Å². The molecule has 1 saturated carbocycles. The van der Waals surface area contributed by atoms with Gasteiger partial charge in [-0.15, -0.1) is 0 Å². The number of rotatable bonds is 6. The first-order chi connectivity index (χ1) is 7.75. The highest BCUT2D eigenvalue weighted by atomic mass is 32.1. The summed E-state index contributed by atoms with van der Waals surface area (Å²) in [6.07, 6.45) is 5.40. The summed E-state index contributed by atoms with van der Waals surface area (Å²) in [4.78, 5) is 4.68. The number of aromatic nitrogens is 1. The average Bonchev–Trinajstić information content (AvgIpc) is 3.09. The first-order valence-corrected chi connectivity index (χ1v) is 6.17. The Labute approximate surface area is 101 Å². The summed E-state index contributed by atoms with van der Waals surface area (Å²) in [5, 5.41) is 3.30. The van der Waals surface area contributed by atoms with Crippen LogP contribution in [0.5, 0.6) is 0 Å². The van der Waals surface area contributed by atoms with Gasteiger partial charge in [-0.1, -0.05) is 31.1 Å². The highest BCUT2D eigenvalue weighted by molar-refractivity contribution is 7.80. The minimum atomic E-state index is 0.349. The number of nitrogens with zero attached hydrogens (tertiary/aromatic N) is 1. The summed E-state index contributed by atoms with van der Waals surface area (Å²) >= 11 is 4.89. The number of hydrogen-bond donors (Lipinski definition) is 2. The van der Waals surface area contributed by atoms with Crippen molar-refractivity contribution in [2.75, 3.05) is 11.9 Å². The molecule has 16 heavy (non-hydrogen) atoms. The lowest BCUT2D eigenvalue weighted by atomic mass is 10.2. The zero-order valence-corrected chi connectivity index (χ0v) is 10.1. The van der Waals surface area contributed by atoms with E-state index in [1.165, 1.54) is 25.7 Å². The molecule has 1 aliphatic carbocycles. The summed E-state index contributed by atoms with van der Waals surface area (Å²) in [5.74, 6) is 1.86. The third-order valence-corrected chi connectivity index (χ3v) is 3.00. The Morgan fingerprint density at radius 1 is 1.50 bits per heavy atom. The maximum atomic E-state index is 5.53. The highest BCUT2D eigenvalue weighted by Gasteiger charge is 2.19. The number of anilines is 1. The number of pyridine rings is 1. The standard InChI is InChI=1S/C12H17N3S/c13-12(16)10-4-1-5-11(15-10)14-8-2-3-9-6-7-9/h1,4-5,9H,2-3,6-8H2,(H2,13,16)(H,14,15). The van der Waals surface area contributed by atoms with Crippen LogP contribution in [-0.2, 0) is 0 Å². The second-order valence-electron chi connectivity index (χ2n) is 4.28. The zero-order valence-electron chi connectivity index (χ0n) is 9.28. The normalized spacial score (nSPS) is 14.8. The van der Waals surface area contributed by atoms with Crippen LogP contribution in [0.2, 0.25) is 0 Å². The summed E-state index contributed by atoms with van der Waals surface area (Å²) < 4.78 is 0.